The van der Waals surface area contributed by atoms with Gasteiger partial charge in [-0.25, -0.2) is 14.3 Å². The molecule has 0 saturated carbocycles. The average molecular weight is 396 g/mol. The predicted octanol–water partition coefficient (Wildman–Crippen LogP) is 0.626. The molecule has 0 amide bonds. The van der Waals surface area contributed by atoms with Crippen molar-refractivity contribution in [3.8, 4) is 0 Å². The Kier molecular flexibility index (Phi) is 8.40. The largest absolute Gasteiger partial charge is 0.396 e. The van der Waals surface area contributed by atoms with Crippen LogP contribution in [0.5, 0.6) is 0 Å². The molecule has 2 heterocycles. The first-order chi connectivity index (χ1) is 13.4. The van der Waals surface area contributed by atoms with Gasteiger partial charge in [0, 0.05) is 20.7 Å². The van der Waals surface area contributed by atoms with Gasteiger partial charge >= 0.3 is 5.69 Å². The summed E-state index contributed by atoms with van der Waals surface area (Å²) >= 11 is 0. The van der Waals surface area contributed by atoms with E-state index in [1.54, 1.807) is 18.7 Å². The summed E-state index contributed by atoms with van der Waals surface area (Å²) in [7, 11) is 3.37. The molecule has 2 atom stereocenters. The molecule has 158 valence electrons. The van der Waals surface area contributed by atoms with Crippen LogP contribution in [-0.2, 0) is 14.1 Å². The average Bonchev–Trinajstić information content (AvgIpc) is 3.05. The Morgan fingerprint density at radius 1 is 1.14 bits per heavy atom. The van der Waals surface area contributed by atoms with Crippen LogP contribution < -0.4 is 16.6 Å². The van der Waals surface area contributed by atoms with Crippen molar-refractivity contribution >= 4 is 11.2 Å². The molecule has 2 unspecified atom stereocenters. The van der Waals surface area contributed by atoms with E-state index in [1.165, 1.54) is 15.5 Å². The molecule has 9 heteroatoms. The second-order valence-corrected chi connectivity index (χ2v) is 7.32. The zero-order valence-electron chi connectivity index (χ0n) is 17.1. The smallest absolute Gasteiger partial charge is 0.333 e. The number of nitrogens with zero attached hydrogens (tertiary/aromatic N) is 4. The number of aryl methyl sites for hydroxylation is 2. The van der Waals surface area contributed by atoms with Gasteiger partial charge in [-0.15, -0.1) is 0 Å². The molecule has 0 fully saturated rings. The molecule has 0 aliphatic heterocycles. The Balaban J connectivity index is 2.26. The van der Waals surface area contributed by atoms with Gasteiger partial charge in [-0.1, -0.05) is 26.2 Å². The molecule has 28 heavy (non-hydrogen) atoms. The Labute approximate surface area is 164 Å². The van der Waals surface area contributed by atoms with E-state index in [4.69, 9.17) is 5.11 Å². The van der Waals surface area contributed by atoms with Crippen molar-refractivity contribution in [2.45, 2.75) is 64.1 Å². The van der Waals surface area contributed by atoms with Crippen LogP contribution in [0.1, 0.15) is 58.0 Å². The maximum Gasteiger partial charge on any atom is 0.333 e. The zero-order valence-corrected chi connectivity index (χ0v) is 17.1. The van der Waals surface area contributed by atoms with Gasteiger partial charge in [-0.2, -0.15) is 0 Å². The van der Waals surface area contributed by atoms with Gasteiger partial charge in [0.1, 0.15) is 0 Å². The number of hydrogen-bond donors (Lipinski definition) is 3. The van der Waals surface area contributed by atoms with Crippen LogP contribution in [0.3, 0.4) is 0 Å². The summed E-state index contributed by atoms with van der Waals surface area (Å²) in [6.45, 7) is 2.64. The van der Waals surface area contributed by atoms with Crippen molar-refractivity contribution in [1.82, 2.24) is 24.0 Å². The Hall–Kier alpha value is -1.97. The number of imidazole rings is 1. The molecule has 2 rings (SSSR count). The van der Waals surface area contributed by atoms with Crippen LogP contribution in [0.4, 0.5) is 0 Å². The van der Waals surface area contributed by atoms with Gasteiger partial charge in [0.25, 0.3) is 5.56 Å². The van der Waals surface area contributed by atoms with Crippen molar-refractivity contribution in [2.24, 2.45) is 14.1 Å². The summed E-state index contributed by atoms with van der Waals surface area (Å²) in [6.07, 6.45) is 5.85. The van der Waals surface area contributed by atoms with Crippen LogP contribution >= 0.6 is 0 Å². The molecular weight excluding hydrogens is 362 g/mol. The fourth-order valence-corrected chi connectivity index (χ4v) is 3.45. The van der Waals surface area contributed by atoms with Crippen molar-refractivity contribution < 1.29 is 10.2 Å². The van der Waals surface area contributed by atoms with Crippen molar-refractivity contribution in [3.63, 3.8) is 0 Å². The highest BCUT2D eigenvalue weighted by Gasteiger charge is 2.21. The van der Waals surface area contributed by atoms with Gasteiger partial charge in [-0.3, -0.25) is 14.7 Å². The summed E-state index contributed by atoms with van der Waals surface area (Å²) in [4.78, 5) is 30.1. The quantitative estimate of drug-likeness (QED) is 0.454. The lowest BCUT2D eigenvalue weighted by Gasteiger charge is -2.22. The summed E-state index contributed by atoms with van der Waals surface area (Å²) < 4.78 is 4.35. The SMILES string of the molecule is CCCCCC(NCCCC(O)CCO)n1c(=O)c2c(ncn2C)n(C)c1=O. The van der Waals surface area contributed by atoms with Crippen LogP contribution in [0.25, 0.3) is 11.2 Å². The van der Waals surface area contributed by atoms with E-state index in [2.05, 4.69) is 17.2 Å². The van der Waals surface area contributed by atoms with E-state index < -0.39 is 12.3 Å². The number of unbranched alkanes of at least 4 members (excludes halogenated alkanes) is 2. The molecule has 9 nitrogen and oxygen atoms in total. The van der Waals surface area contributed by atoms with Crippen LogP contribution in [0.2, 0.25) is 0 Å². The van der Waals surface area contributed by atoms with Crippen LogP contribution in [0, 0.1) is 0 Å². The highest BCUT2D eigenvalue weighted by atomic mass is 16.3. The van der Waals surface area contributed by atoms with E-state index in [1.807, 2.05) is 0 Å². The standard InChI is InChI=1S/C19H33N5O4/c1-4-5-6-9-15(20-11-7-8-14(26)10-12-25)24-18(27)16-17(21-13-22(16)2)23(3)19(24)28/h13-15,20,25-26H,4-12H2,1-3H3. The molecule has 0 aliphatic rings. The van der Waals surface area contributed by atoms with Crippen molar-refractivity contribution in [1.29, 1.82) is 0 Å². The van der Waals surface area contributed by atoms with Crippen molar-refractivity contribution in [3.05, 3.63) is 27.2 Å². The number of aliphatic hydroxyl groups is 2. The number of fused-ring (bicyclic) bond motifs is 1. The summed E-state index contributed by atoms with van der Waals surface area (Å²) in [5, 5.41) is 21.9. The van der Waals surface area contributed by atoms with E-state index in [0.29, 0.717) is 43.4 Å². The van der Waals surface area contributed by atoms with E-state index in [9.17, 15) is 14.7 Å². The minimum atomic E-state index is -0.535. The number of rotatable bonds is 12. The van der Waals surface area contributed by atoms with Gasteiger partial charge in [0.05, 0.1) is 18.6 Å². The Bertz CT molecular complexity index is 870. The first-order valence-electron chi connectivity index (χ1n) is 10.1. The van der Waals surface area contributed by atoms with Crippen molar-refractivity contribution in [2.75, 3.05) is 13.2 Å². The first kappa shape index (κ1) is 22.3. The zero-order chi connectivity index (χ0) is 20.7. The molecule has 0 saturated heterocycles. The maximum atomic E-state index is 13.1. The van der Waals surface area contributed by atoms with E-state index in [-0.39, 0.29) is 17.9 Å². The summed E-state index contributed by atoms with van der Waals surface area (Å²) in [6, 6.07) is 0. The number of aromatic nitrogens is 4. The lowest BCUT2D eigenvalue weighted by Crippen LogP contribution is -2.46. The van der Waals surface area contributed by atoms with Gasteiger partial charge < -0.3 is 14.8 Å². The molecule has 0 radical (unpaired) electrons. The highest BCUT2D eigenvalue weighted by Crippen LogP contribution is 2.13. The molecule has 2 aromatic heterocycles. The molecule has 0 bridgehead atoms. The van der Waals surface area contributed by atoms with Crippen LogP contribution in [-0.4, -0.2) is 48.2 Å². The first-order valence-corrected chi connectivity index (χ1v) is 10.1. The molecule has 0 spiro atoms. The molecular formula is C19H33N5O4. The third kappa shape index (κ3) is 5.09. The van der Waals surface area contributed by atoms with Crippen LogP contribution in [0.15, 0.2) is 15.9 Å². The third-order valence-corrected chi connectivity index (χ3v) is 5.10. The Morgan fingerprint density at radius 2 is 1.89 bits per heavy atom. The Morgan fingerprint density at radius 3 is 2.57 bits per heavy atom. The predicted molar refractivity (Wildman–Crippen MR) is 108 cm³/mol. The fraction of sp³-hybridized carbons (Fsp3) is 0.737. The molecule has 0 aromatic carbocycles. The number of aliphatic hydroxyl groups excluding tert-OH is 2. The van der Waals surface area contributed by atoms with Gasteiger partial charge in [0.2, 0.25) is 0 Å². The topological polar surface area (TPSA) is 114 Å². The summed E-state index contributed by atoms with van der Waals surface area (Å²) in [5.41, 5.74) is 0.0638. The lowest BCUT2D eigenvalue weighted by molar-refractivity contribution is 0.122. The minimum Gasteiger partial charge on any atom is -0.396 e. The molecule has 2 aromatic rings. The normalized spacial score (nSPS) is 13.9. The van der Waals surface area contributed by atoms with Gasteiger partial charge in [-0.05, 0) is 32.2 Å². The second-order valence-electron chi connectivity index (χ2n) is 7.32. The number of hydrogen-bond acceptors (Lipinski definition) is 6. The fourth-order valence-electron chi connectivity index (χ4n) is 3.45. The molecule has 0 aliphatic carbocycles. The summed E-state index contributed by atoms with van der Waals surface area (Å²) in [5.74, 6) is 0. The minimum absolute atomic E-state index is 0.0373. The maximum absolute atomic E-state index is 13.1. The van der Waals surface area contributed by atoms with Gasteiger partial charge in [0.15, 0.2) is 11.2 Å². The second kappa shape index (κ2) is 10.5. The number of nitrogens with one attached hydrogen (secondary N) is 1. The lowest BCUT2D eigenvalue weighted by atomic mass is 10.1. The molecule has 3 N–H and O–H groups in total. The third-order valence-electron chi connectivity index (χ3n) is 5.10. The van der Waals surface area contributed by atoms with E-state index in [0.717, 1.165) is 19.3 Å². The highest BCUT2D eigenvalue weighted by molar-refractivity contribution is 5.69. The monoisotopic (exact) mass is 395 g/mol. The van der Waals surface area contributed by atoms with E-state index >= 15 is 0 Å².